The summed E-state index contributed by atoms with van der Waals surface area (Å²) in [6.07, 6.45) is 1.59. The van der Waals surface area contributed by atoms with Crippen LogP contribution in [0.1, 0.15) is 32.3 Å². The second-order valence-electron chi connectivity index (χ2n) is 4.97. The molecule has 0 atom stereocenters. The minimum absolute atomic E-state index is 0.0538. The molecule has 0 aromatic heterocycles. The average Bonchev–Trinajstić information content (AvgIpc) is 2.36. The molecule has 1 rings (SSSR count). The lowest BCUT2D eigenvalue weighted by Gasteiger charge is -2.11. The van der Waals surface area contributed by atoms with Crippen molar-refractivity contribution in [3.63, 3.8) is 0 Å². The van der Waals surface area contributed by atoms with Crippen LogP contribution in [0.4, 0.5) is 4.39 Å². The van der Waals surface area contributed by atoms with E-state index in [0.29, 0.717) is 16.8 Å². The standard InChI is InChI=1S/C13H19BrFNO3S/c1-9(2)4-3-5-16-20(18,19)12-7-11(14)6-10(8-17)13(12)15/h6-7,9,16-17H,3-5,8H2,1-2H3. The van der Waals surface area contributed by atoms with Gasteiger partial charge < -0.3 is 5.11 Å². The number of aliphatic hydroxyl groups excluding tert-OH is 1. The fraction of sp³-hybridized carbons (Fsp3) is 0.538. The average molecular weight is 368 g/mol. The first-order chi connectivity index (χ1) is 9.27. The van der Waals surface area contributed by atoms with Crippen LogP contribution in [0, 0.1) is 11.7 Å². The highest BCUT2D eigenvalue weighted by molar-refractivity contribution is 9.10. The molecule has 1 aromatic rings. The molecule has 0 aliphatic carbocycles. The lowest BCUT2D eigenvalue weighted by Crippen LogP contribution is -2.26. The quantitative estimate of drug-likeness (QED) is 0.728. The van der Waals surface area contributed by atoms with Crippen molar-refractivity contribution in [3.05, 3.63) is 28.0 Å². The van der Waals surface area contributed by atoms with Crippen molar-refractivity contribution in [2.24, 2.45) is 5.92 Å². The normalized spacial score (nSPS) is 12.1. The summed E-state index contributed by atoms with van der Waals surface area (Å²) in [5.74, 6) is -0.421. The summed E-state index contributed by atoms with van der Waals surface area (Å²) in [6, 6.07) is 2.55. The van der Waals surface area contributed by atoms with E-state index in [0.717, 1.165) is 6.42 Å². The molecule has 0 saturated carbocycles. The van der Waals surface area contributed by atoms with Gasteiger partial charge >= 0.3 is 0 Å². The van der Waals surface area contributed by atoms with Gasteiger partial charge in [0.1, 0.15) is 10.7 Å². The topological polar surface area (TPSA) is 66.4 Å². The monoisotopic (exact) mass is 367 g/mol. The molecular weight excluding hydrogens is 349 g/mol. The molecule has 4 nitrogen and oxygen atoms in total. The van der Waals surface area contributed by atoms with Crippen molar-refractivity contribution in [1.82, 2.24) is 4.72 Å². The van der Waals surface area contributed by atoms with E-state index in [2.05, 4.69) is 34.5 Å². The first-order valence-corrected chi connectivity index (χ1v) is 8.64. The molecule has 7 heteroatoms. The SMILES string of the molecule is CC(C)CCCNS(=O)(=O)c1cc(Br)cc(CO)c1F. The molecule has 0 spiro atoms. The van der Waals surface area contributed by atoms with Gasteiger partial charge in [0.2, 0.25) is 10.0 Å². The maximum absolute atomic E-state index is 14.0. The lowest BCUT2D eigenvalue weighted by atomic mass is 10.1. The van der Waals surface area contributed by atoms with Crippen molar-refractivity contribution in [2.45, 2.75) is 38.2 Å². The van der Waals surface area contributed by atoms with Crippen LogP contribution in [-0.4, -0.2) is 20.1 Å². The Hall–Kier alpha value is -0.500. The van der Waals surface area contributed by atoms with E-state index in [1.165, 1.54) is 12.1 Å². The van der Waals surface area contributed by atoms with Crippen molar-refractivity contribution >= 4 is 26.0 Å². The predicted octanol–water partition coefficient (Wildman–Crippen LogP) is 2.80. The van der Waals surface area contributed by atoms with Gasteiger partial charge in [-0.05, 0) is 30.9 Å². The van der Waals surface area contributed by atoms with Crippen LogP contribution in [0.5, 0.6) is 0 Å². The Morgan fingerprint density at radius 3 is 2.60 bits per heavy atom. The number of hydrogen-bond donors (Lipinski definition) is 2. The Kier molecular flexibility index (Phi) is 6.57. The first kappa shape index (κ1) is 17.6. The van der Waals surface area contributed by atoms with Crippen LogP contribution < -0.4 is 4.72 Å². The van der Waals surface area contributed by atoms with Gasteiger partial charge in [0, 0.05) is 16.6 Å². The number of hydrogen-bond acceptors (Lipinski definition) is 3. The molecule has 20 heavy (non-hydrogen) atoms. The van der Waals surface area contributed by atoms with E-state index in [4.69, 9.17) is 5.11 Å². The van der Waals surface area contributed by atoms with Crippen molar-refractivity contribution in [1.29, 1.82) is 0 Å². The van der Waals surface area contributed by atoms with Gasteiger partial charge in [0.25, 0.3) is 0 Å². The summed E-state index contributed by atoms with van der Waals surface area (Å²) >= 11 is 3.11. The van der Waals surface area contributed by atoms with E-state index in [9.17, 15) is 12.8 Å². The highest BCUT2D eigenvalue weighted by atomic mass is 79.9. The predicted molar refractivity (Wildman–Crippen MR) is 79.3 cm³/mol. The van der Waals surface area contributed by atoms with Crippen molar-refractivity contribution in [3.8, 4) is 0 Å². The highest BCUT2D eigenvalue weighted by Gasteiger charge is 2.21. The molecular formula is C13H19BrFNO3S. The molecule has 0 radical (unpaired) electrons. The molecule has 0 heterocycles. The Labute approximate surface area is 127 Å². The molecule has 0 saturated heterocycles. The van der Waals surface area contributed by atoms with E-state index < -0.39 is 27.3 Å². The molecule has 0 amide bonds. The molecule has 0 bridgehead atoms. The zero-order chi connectivity index (χ0) is 15.3. The summed E-state index contributed by atoms with van der Waals surface area (Å²) < 4.78 is 40.9. The largest absolute Gasteiger partial charge is 0.392 e. The smallest absolute Gasteiger partial charge is 0.243 e. The van der Waals surface area contributed by atoms with Crippen LogP contribution >= 0.6 is 15.9 Å². The van der Waals surface area contributed by atoms with Crippen LogP contribution in [0.25, 0.3) is 0 Å². The van der Waals surface area contributed by atoms with Crippen LogP contribution in [0.3, 0.4) is 0 Å². The van der Waals surface area contributed by atoms with E-state index in [-0.39, 0.29) is 12.1 Å². The van der Waals surface area contributed by atoms with Gasteiger partial charge in [-0.1, -0.05) is 29.8 Å². The third-order valence-corrected chi connectivity index (χ3v) is 4.71. The number of nitrogens with one attached hydrogen (secondary N) is 1. The third kappa shape index (κ3) is 4.80. The summed E-state index contributed by atoms with van der Waals surface area (Å²) in [4.78, 5) is -0.444. The molecule has 2 N–H and O–H groups in total. The third-order valence-electron chi connectivity index (χ3n) is 2.79. The second-order valence-corrected chi connectivity index (χ2v) is 7.62. The molecule has 1 aromatic carbocycles. The Bertz CT molecular complexity index is 561. The lowest BCUT2D eigenvalue weighted by molar-refractivity contribution is 0.274. The number of sulfonamides is 1. The van der Waals surface area contributed by atoms with E-state index in [1.54, 1.807) is 0 Å². The Balaban J connectivity index is 2.90. The van der Waals surface area contributed by atoms with Gasteiger partial charge in [-0.2, -0.15) is 0 Å². The van der Waals surface area contributed by atoms with Crippen molar-refractivity contribution in [2.75, 3.05) is 6.54 Å². The molecule has 0 aliphatic rings. The zero-order valence-corrected chi connectivity index (χ0v) is 13.9. The maximum Gasteiger partial charge on any atom is 0.243 e. The molecule has 114 valence electrons. The highest BCUT2D eigenvalue weighted by Crippen LogP contribution is 2.24. The zero-order valence-electron chi connectivity index (χ0n) is 11.5. The Morgan fingerprint density at radius 1 is 1.40 bits per heavy atom. The van der Waals surface area contributed by atoms with E-state index in [1.807, 2.05) is 0 Å². The molecule has 0 fully saturated rings. The fourth-order valence-corrected chi connectivity index (χ4v) is 3.60. The number of halogens is 2. The van der Waals surface area contributed by atoms with E-state index >= 15 is 0 Å². The van der Waals surface area contributed by atoms with Crippen LogP contribution in [-0.2, 0) is 16.6 Å². The summed E-state index contributed by atoms with van der Waals surface area (Å²) in [5.41, 5.74) is -0.0538. The summed E-state index contributed by atoms with van der Waals surface area (Å²) in [5, 5.41) is 9.03. The number of rotatable bonds is 7. The van der Waals surface area contributed by atoms with Gasteiger partial charge in [0.05, 0.1) is 6.61 Å². The number of aliphatic hydroxyl groups is 1. The Morgan fingerprint density at radius 2 is 2.05 bits per heavy atom. The van der Waals surface area contributed by atoms with Gasteiger partial charge in [-0.15, -0.1) is 0 Å². The van der Waals surface area contributed by atoms with Gasteiger partial charge in [-0.3, -0.25) is 0 Å². The first-order valence-electron chi connectivity index (χ1n) is 6.36. The van der Waals surface area contributed by atoms with Crippen LogP contribution in [0.2, 0.25) is 0 Å². The van der Waals surface area contributed by atoms with Gasteiger partial charge in [0.15, 0.2) is 0 Å². The fourth-order valence-electron chi connectivity index (χ4n) is 1.72. The minimum atomic E-state index is -3.91. The summed E-state index contributed by atoms with van der Waals surface area (Å²) in [6.45, 7) is 3.81. The summed E-state index contributed by atoms with van der Waals surface area (Å²) in [7, 11) is -3.91. The molecule has 0 unspecified atom stereocenters. The molecule has 0 aliphatic heterocycles. The van der Waals surface area contributed by atoms with Gasteiger partial charge in [-0.25, -0.2) is 17.5 Å². The maximum atomic E-state index is 14.0. The van der Waals surface area contributed by atoms with Crippen molar-refractivity contribution < 1.29 is 17.9 Å². The second kappa shape index (κ2) is 7.49. The van der Waals surface area contributed by atoms with Crippen LogP contribution in [0.15, 0.2) is 21.5 Å². The minimum Gasteiger partial charge on any atom is -0.392 e. The number of benzene rings is 1.